The predicted octanol–water partition coefficient (Wildman–Crippen LogP) is 4.76. The maximum Gasteiger partial charge on any atom is 0.340 e. The molecule has 1 aromatic carbocycles. The second-order valence-corrected chi connectivity index (χ2v) is 5.52. The van der Waals surface area contributed by atoms with Crippen LogP contribution in [0.15, 0.2) is 42.6 Å². The molecule has 2 rings (SSSR count). The highest BCUT2D eigenvalue weighted by atomic mass is 19.3. The number of alkyl halides is 4. The monoisotopic (exact) mass is 355 g/mol. The number of benzene rings is 1. The Balaban J connectivity index is 2.02. The van der Waals surface area contributed by atoms with E-state index in [0.717, 1.165) is 24.0 Å². The van der Waals surface area contributed by atoms with Crippen molar-refractivity contribution in [3.8, 4) is 11.3 Å². The lowest BCUT2D eigenvalue weighted by molar-refractivity contribution is -0.155. The number of carbonyl (C=O) groups excluding carboxylic acids is 1. The van der Waals surface area contributed by atoms with Gasteiger partial charge in [0.25, 0.3) is 0 Å². The number of pyridine rings is 1. The highest BCUT2D eigenvalue weighted by Gasteiger charge is 2.42. The maximum absolute atomic E-state index is 12.8. The molecule has 0 aliphatic heterocycles. The number of carbonyl (C=O) groups is 1. The topological polar surface area (TPSA) is 39.2 Å². The van der Waals surface area contributed by atoms with E-state index in [1.54, 1.807) is 18.3 Å². The van der Waals surface area contributed by atoms with E-state index in [0.29, 0.717) is 5.69 Å². The molecule has 0 amide bonds. The number of hydrogen-bond donors (Lipinski definition) is 0. The largest absolute Gasteiger partial charge is 0.455 e. The molecule has 0 fully saturated rings. The Bertz CT molecular complexity index is 700. The summed E-state index contributed by atoms with van der Waals surface area (Å²) in [4.78, 5) is 16.0. The normalized spacial score (nSPS) is 11.6. The highest BCUT2D eigenvalue weighted by molar-refractivity contribution is 5.90. The second kappa shape index (κ2) is 8.09. The van der Waals surface area contributed by atoms with Gasteiger partial charge in [0.1, 0.15) is 0 Å². The Hall–Kier alpha value is -2.44. The fraction of sp³-hybridized carbons (Fsp3) is 0.333. The molecular weight excluding hydrogens is 338 g/mol. The van der Waals surface area contributed by atoms with Crippen LogP contribution >= 0.6 is 0 Å². The van der Waals surface area contributed by atoms with Crippen LogP contribution in [0.4, 0.5) is 17.6 Å². The average molecular weight is 355 g/mol. The SMILES string of the molecule is CCCc1ccc(-c2ccc(C(=O)OCC(F)(F)C(F)F)cc2)nc1. The summed E-state index contributed by atoms with van der Waals surface area (Å²) in [5, 5.41) is 0. The van der Waals surface area contributed by atoms with Crippen LogP contribution in [0.3, 0.4) is 0 Å². The second-order valence-electron chi connectivity index (χ2n) is 5.52. The minimum absolute atomic E-state index is 0.00332. The third-order valence-corrected chi connectivity index (χ3v) is 3.49. The standard InChI is InChI=1S/C18H17F4NO2/c1-2-3-12-4-9-15(23-10-12)13-5-7-14(8-6-13)16(24)25-11-18(21,22)17(19)20/h4-10,17H,2-3,11H2,1H3. The number of esters is 1. The van der Waals surface area contributed by atoms with Crippen LogP contribution in [0.1, 0.15) is 29.3 Å². The van der Waals surface area contributed by atoms with Crippen LogP contribution in [-0.4, -0.2) is 29.9 Å². The first-order chi connectivity index (χ1) is 11.8. The van der Waals surface area contributed by atoms with Gasteiger partial charge in [0.05, 0.1) is 11.3 Å². The third-order valence-electron chi connectivity index (χ3n) is 3.49. The van der Waals surface area contributed by atoms with Crippen LogP contribution in [0.5, 0.6) is 0 Å². The van der Waals surface area contributed by atoms with Gasteiger partial charge >= 0.3 is 18.3 Å². The Labute approximate surface area is 142 Å². The molecule has 7 heteroatoms. The summed E-state index contributed by atoms with van der Waals surface area (Å²) in [5.41, 5.74) is 2.55. The predicted molar refractivity (Wildman–Crippen MR) is 84.9 cm³/mol. The molecular formula is C18H17F4NO2. The van der Waals surface area contributed by atoms with Crippen LogP contribution < -0.4 is 0 Å². The van der Waals surface area contributed by atoms with Gasteiger partial charge in [-0.2, -0.15) is 8.78 Å². The lowest BCUT2D eigenvalue weighted by Gasteiger charge is -2.15. The Morgan fingerprint density at radius 3 is 2.36 bits per heavy atom. The molecule has 0 spiro atoms. The van der Waals surface area contributed by atoms with Crippen molar-refractivity contribution in [1.29, 1.82) is 0 Å². The molecule has 2 aromatic rings. The first kappa shape index (κ1) is 18.9. The lowest BCUT2D eigenvalue weighted by Crippen LogP contribution is -2.33. The van der Waals surface area contributed by atoms with Gasteiger partial charge in [-0.05, 0) is 30.2 Å². The number of ether oxygens (including phenoxy) is 1. The summed E-state index contributed by atoms with van der Waals surface area (Å²) in [6.07, 6.45) is -0.165. The Morgan fingerprint density at radius 2 is 1.84 bits per heavy atom. The molecule has 0 unspecified atom stereocenters. The van der Waals surface area contributed by atoms with Crippen LogP contribution in [0.25, 0.3) is 11.3 Å². The van der Waals surface area contributed by atoms with Crippen molar-refractivity contribution < 1.29 is 27.1 Å². The lowest BCUT2D eigenvalue weighted by atomic mass is 10.1. The van der Waals surface area contributed by atoms with Gasteiger partial charge in [-0.15, -0.1) is 0 Å². The molecule has 1 aromatic heterocycles. The van der Waals surface area contributed by atoms with Crippen molar-refractivity contribution in [3.05, 3.63) is 53.7 Å². The van der Waals surface area contributed by atoms with Crippen LogP contribution in [-0.2, 0) is 11.2 Å². The molecule has 0 atom stereocenters. The number of nitrogens with zero attached hydrogens (tertiary/aromatic N) is 1. The molecule has 0 bridgehead atoms. The van der Waals surface area contributed by atoms with Crippen molar-refractivity contribution >= 4 is 5.97 Å². The third kappa shape index (κ3) is 5.01. The first-order valence-corrected chi connectivity index (χ1v) is 7.72. The summed E-state index contributed by atoms with van der Waals surface area (Å²) in [5.74, 6) is -5.45. The minimum atomic E-state index is -4.36. The number of hydrogen-bond acceptors (Lipinski definition) is 3. The van der Waals surface area contributed by atoms with E-state index < -0.39 is 24.9 Å². The molecule has 3 nitrogen and oxygen atoms in total. The molecule has 0 aliphatic carbocycles. The maximum atomic E-state index is 12.8. The number of rotatable bonds is 7. The van der Waals surface area contributed by atoms with Gasteiger partial charge in [0, 0.05) is 11.8 Å². The molecule has 0 saturated carbocycles. The quantitative estimate of drug-likeness (QED) is 0.531. The van der Waals surface area contributed by atoms with Gasteiger partial charge < -0.3 is 4.74 Å². The smallest absolute Gasteiger partial charge is 0.340 e. The van der Waals surface area contributed by atoms with Crippen molar-refractivity contribution in [2.45, 2.75) is 32.1 Å². The highest BCUT2D eigenvalue weighted by Crippen LogP contribution is 2.24. The Kier molecular flexibility index (Phi) is 6.12. The van der Waals surface area contributed by atoms with Gasteiger partial charge in [-0.25, -0.2) is 13.6 Å². The van der Waals surface area contributed by atoms with Crippen LogP contribution in [0.2, 0.25) is 0 Å². The molecule has 0 aliphatic rings. The number of aromatic nitrogens is 1. The van der Waals surface area contributed by atoms with Crippen molar-refractivity contribution in [2.75, 3.05) is 6.61 Å². The van der Waals surface area contributed by atoms with Crippen LogP contribution in [0, 0.1) is 0 Å². The van der Waals surface area contributed by atoms with E-state index in [9.17, 15) is 22.4 Å². The van der Waals surface area contributed by atoms with Gasteiger partial charge in [0.15, 0.2) is 6.61 Å². The zero-order chi connectivity index (χ0) is 18.4. The fourth-order valence-corrected chi connectivity index (χ4v) is 2.12. The summed E-state index contributed by atoms with van der Waals surface area (Å²) in [6.45, 7) is 0.411. The zero-order valence-corrected chi connectivity index (χ0v) is 13.5. The summed E-state index contributed by atoms with van der Waals surface area (Å²) in [7, 11) is 0. The van der Waals surface area contributed by atoms with Gasteiger partial charge in [0.2, 0.25) is 0 Å². The van der Waals surface area contributed by atoms with Crippen molar-refractivity contribution in [1.82, 2.24) is 4.98 Å². The van der Waals surface area contributed by atoms with Crippen molar-refractivity contribution in [2.24, 2.45) is 0 Å². The van der Waals surface area contributed by atoms with E-state index in [2.05, 4.69) is 16.6 Å². The minimum Gasteiger partial charge on any atom is -0.455 e. The van der Waals surface area contributed by atoms with Gasteiger partial charge in [-0.3, -0.25) is 4.98 Å². The first-order valence-electron chi connectivity index (χ1n) is 7.72. The van der Waals surface area contributed by atoms with E-state index in [1.165, 1.54) is 12.1 Å². The number of aryl methyl sites for hydroxylation is 1. The molecule has 0 radical (unpaired) electrons. The molecule has 25 heavy (non-hydrogen) atoms. The number of halogens is 4. The molecule has 1 heterocycles. The summed E-state index contributed by atoms with van der Waals surface area (Å²) in [6, 6.07) is 9.73. The van der Waals surface area contributed by atoms with E-state index in [4.69, 9.17) is 0 Å². The zero-order valence-electron chi connectivity index (χ0n) is 13.5. The Morgan fingerprint density at radius 1 is 1.16 bits per heavy atom. The molecule has 0 saturated heterocycles. The van der Waals surface area contributed by atoms with E-state index in [-0.39, 0.29) is 5.56 Å². The van der Waals surface area contributed by atoms with E-state index >= 15 is 0 Å². The molecule has 134 valence electrons. The fourth-order valence-electron chi connectivity index (χ4n) is 2.12. The average Bonchev–Trinajstić information content (AvgIpc) is 2.61. The van der Waals surface area contributed by atoms with Crippen molar-refractivity contribution in [3.63, 3.8) is 0 Å². The molecule has 0 N–H and O–H groups in total. The van der Waals surface area contributed by atoms with E-state index in [1.807, 2.05) is 12.1 Å². The summed E-state index contributed by atoms with van der Waals surface area (Å²) < 4.78 is 53.8. The van der Waals surface area contributed by atoms with Gasteiger partial charge in [-0.1, -0.05) is 31.5 Å². The summed E-state index contributed by atoms with van der Waals surface area (Å²) >= 11 is 0.